The molecule has 0 aliphatic heterocycles. The smallest absolute Gasteiger partial charge is 0.168 e. The number of hydrogen-bond donors (Lipinski definition) is 0. The molecule has 2 rings (SSSR count). The number of rotatable bonds is 3. The van der Waals surface area contributed by atoms with E-state index in [1.54, 1.807) is 0 Å². The Balaban J connectivity index is 2.19. The summed E-state index contributed by atoms with van der Waals surface area (Å²) < 4.78 is 0. The molecule has 0 heterocycles. The van der Waals surface area contributed by atoms with Crippen molar-refractivity contribution in [3.63, 3.8) is 0 Å². The molecule has 1 aliphatic carbocycles. The Kier molecular flexibility index (Phi) is 3.11. The van der Waals surface area contributed by atoms with Gasteiger partial charge in [-0.15, -0.1) is 0 Å². The highest BCUT2D eigenvalue weighted by atomic mass is 16.1. The van der Waals surface area contributed by atoms with E-state index < -0.39 is 0 Å². The summed E-state index contributed by atoms with van der Waals surface area (Å²) in [5.41, 5.74) is 1.82. The van der Waals surface area contributed by atoms with Crippen LogP contribution in [-0.2, 0) is 0 Å². The maximum Gasteiger partial charge on any atom is 0.168 e. The fourth-order valence-electron chi connectivity index (χ4n) is 2.84. The van der Waals surface area contributed by atoms with E-state index in [0.717, 1.165) is 17.0 Å². The predicted octanol–water partition coefficient (Wildman–Crippen LogP) is 4.25. The fourth-order valence-corrected chi connectivity index (χ4v) is 2.84. The molecule has 1 fully saturated rings. The van der Waals surface area contributed by atoms with E-state index in [2.05, 4.69) is 20.8 Å². The van der Waals surface area contributed by atoms with Gasteiger partial charge >= 0.3 is 0 Å². The van der Waals surface area contributed by atoms with E-state index in [-0.39, 0.29) is 5.41 Å². The monoisotopic (exact) mass is 230 g/mol. The van der Waals surface area contributed by atoms with Gasteiger partial charge in [0.1, 0.15) is 0 Å². The van der Waals surface area contributed by atoms with Crippen LogP contribution in [0.5, 0.6) is 0 Å². The minimum absolute atomic E-state index is 0.208. The Morgan fingerprint density at radius 3 is 2.47 bits per heavy atom. The van der Waals surface area contributed by atoms with Crippen LogP contribution in [0.25, 0.3) is 0 Å². The first-order chi connectivity index (χ1) is 7.91. The summed E-state index contributed by atoms with van der Waals surface area (Å²) in [4.78, 5) is 12.6. The number of carbonyl (C=O) groups is 1. The van der Waals surface area contributed by atoms with Gasteiger partial charge in [0.2, 0.25) is 0 Å². The van der Waals surface area contributed by atoms with Crippen LogP contribution in [0.4, 0.5) is 0 Å². The third-order valence-electron chi connectivity index (χ3n) is 4.26. The lowest BCUT2D eigenvalue weighted by atomic mass is 9.60. The molecule has 1 aromatic carbocycles. The van der Waals surface area contributed by atoms with Crippen molar-refractivity contribution in [1.29, 1.82) is 0 Å². The molecule has 0 N–H and O–H groups in total. The Bertz CT molecular complexity index is 425. The molecule has 92 valence electrons. The molecule has 0 radical (unpaired) electrons. The van der Waals surface area contributed by atoms with Crippen molar-refractivity contribution >= 4 is 5.78 Å². The van der Waals surface area contributed by atoms with Crippen molar-refractivity contribution < 1.29 is 4.79 Å². The van der Waals surface area contributed by atoms with Gasteiger partial charge in [-0.3, -0.25) is 4.79 Å². The van der Waals surface area contributed by atoms with Gasteiger partial charge in [-0.1, -0.05) is 44.5 Å². The Morgan fingerprint density at radius 1 is 1.29 bits per heavy atom. The van der Waals surface area contributed by atoms with Crippen LogP contribution in [0.1, 0.15) is 49.5 Å². The number of aryl methyl sites for hydroxylation is 1. The van der Waals surface area contributed by atoms with Crippen molar-refractivity contribution in [2.45, 2.75) is 40.5 Å². The van der Waals surface area contributed by atoms with Crippen LogP contribution >= 0.6 is 0 Å². The number of benzene rings is 1. The average Bonchev–Trinajstić information content (AvgIpc) is 2.23. The lowest BCUT2D eigenvalue weighted by molar-refractivity contribution is 0.0485. The van der Waals surface area contributed by atoms with Gasteiger partial charge < -0.3 is 0 Å². The summed E-state index contributed by atoms with van der Waals surface area (Å²) in [5, 5.41) is 0. The zero-order chi connectivity index (χ0) is 12.6. The fraction of sp³-hybridized carbons (Fsp3) is 0.562. The molecule has 0 amide bonds. The summed E-state index contributed by atoms with van der Waals surface area (Å²) in [5.74, 6) is 1.66. The third-order valence-corrected chi connectivity index (χ3v) is 4.26. The lowest BCUT2D eigenvalue weighted by Crippen LogP contribution is -2.40. The van der Waals surface area contributed by atoms with Gasteiger partial charge in [-0.2, -0.15) is 0 Å². The SMILES string of the molecule is Cc1cccc(C(=O)C(C)(C)C2CC(C)C2)c1. The predicted molar refractivity (Wildman–Crippen MR) is 71.2 cm³/mol. The maximum atomic E-state index is 12.6. The van der Waals surface area contributed by atoms with Crippen molar-refractivity contribution in [3.8, 4) is 0 Å². The zero-order valence-electron chi connectivity index (χ0n) is 11.3. The molecule has 0 bridgehead atoms. The van der Waals surface area contributed by atoms with E-state index in [1.807, 2.05) is 31.2 Å². The van der Waals surface area contributed by atoms with Crippen LogP contribution in [0.2, 0.25) is 0 Å². The largest absolute Gasteiger partial charge is 0.294 e. The second-order valence-corrected chi connectivity index (χ2v) is 6.19. The summed E-state index contributed by atoms with van der Waals surface area (Å²) >= 11 is 0. The molecule has 0 unspecified atom stereocenters. The van der Waals surface area contributed by atoms with E-state index in [1.165, 1.54) is 12.8 Å². The minimum atomic E-state index is -0.208. The van der Waals surface area contributed by atoms with Crippen molar-refractivity contribution in [2.75, 3.05) is 0 Å². The molecule has 0 atom stereocenters. The summed E-state index contributed by atoms with van der Waals surface area (Å²) in [6.07, 6.45) is 2.40. The second-order valence-electron chi connectivity index (χ2n) is 6.19. The Labute approximate surface area is 104 Å². The van der Waals surface area contributed by atoms with E-state index in [0.29, 0.717) is 11.7 Å². The quantitative estimate of drug-likeness (QED) is 0.709. The van der Waals surface area contributed by atoms with E-state index in [4.69, 9.17) is 0 Å². The first-order valence-electron chi connectivity index (χ1n) is 6.52. The van der Waals surface area contributed by atoms with Crippen LogP contribution in [0.3, 0.4) is 0 Å². The van der Waals surface area contributed by atoms with Crippen LogP contribution in [0, 0.1) is 24.2 Å². The topological polar surface area (TPSA) is 17.1 Å². The molecular weight excluding hydrogens is 208 g/mol. The van der Waals surface area contributed by atoms with Crippen molar-refractivity contribution in [1.82, 2.24) is 0 Å². The lowest BCUT2D eigenvalue weighted by Gasteiger charge is -2.43. The van der Waals surface area contributed by atoms with Gasteiger partial charge in [0.25, 0.3) is 0 Å². The van der Waals surface area contributed by atoms with Gasteiger partial charge in [0.05, 0.1) is 0 Å². The average molecular weight is 230 g/mol. The highest BCUT2D eigenvalue weighted by molar-refractivity contribution is 6.00. The highest BCUT2D eigenvalue weighted by Crippen LogP contribution is 2.46. The minimum Gasteiger partial charge on any atom is -0.294 e. The first kappa shape index (κ1) is 12.3. The summed E-state index contributed by atoms with van der Waals surface area (Å²) in [6.45, 7) is 8.52. The molecule has 1 heteroatoms. The van der Waals surface area contributed by atoms with Crippen molar-refractivity contribution in [3.05, 3.63) is 35.4 Å². The van der Waals surface area contributed by atoms with Crippen LogP contribution < -0.4 is 0 Å². The number of carbonyl (C=O) groups excluding carboxylic acids is 1. The molecule has 17 heavy (non-hydrogen) atoms. The van der Waals surface area contributed by atoms with Crippen LogP contribution in [-0.4, -0.2) is 5.78 Å². The van der Waals surface area contributed by atoms with Gasteiger partial charge in [0.15, 0.2) is 5.78 Å². The summed E-state index contributed by atoms with van der Waals surface area (Å²) in [6, 6.07) is 7.96. The van der Waals surface area contributed by atoms with Crippen LogP contribution in [0.15, 0.2) is 24.3 Å². The third kappa shape index (κ3) is 2.29. The molecule has 1 nitrogen and oxygen atoms in total. The number of ketones is 1. The molecule has 1 aliphatic rings. The Morgan fingerprint density at radius 2 is 1.94 bits per heavy atom. The standard InChI is InChI=1S/C16H22O/c1-11-6-5-7-13(8-11)15(17)16(3,4)14-9-12(2)10-14/h5-8,12,14H,9-10H2,1-4H3. The van der Waals surface area contributed by atoms with E-state index >= 15 is 0 Å². The molecule has 1 saturated carbocycles. The maximum absolute atomic E-state index is 12.6. The molecule has 0 saturated heterocycles. The molecule has 0 spiro atoms. The second kappa shape index (κ2) is 4.29. The van der Waals surface area contributed by atoms with Gasteiger partial charge in [-0.05, 0) is 37.7 Å². The van der Waals surface area contributed by atoms with Gasteiger partial charge in [-0.25, -0.2) is 0 Å². The summed E-state index contributed by atoms with van der Waals surface area (Å²) in [7, 11) is 0. The van der Waals surface area contributed by atoms with E-state index in [9.17, 15) is 4.79 Å². The van der Waals surface area contributed by atoms with Crippen molar-refractivity contribution in [2.24, 2.45) is 17.3 Å². The molecular formula is C16H22O. The molecule has 0 aromatic heterocycles. The molecule has 1 aromatic rings. The zero-order valence-corrected chi connectivity index (χ0v) is 11.3. The Hall–Kier alpha value is -1.11. The number of Topliss-reactive ketones (excluding diaryl/α,β-unsaturated/α-hetero) is 1. The highest BCUT2D eigenvalue weighted by Gasteiger charge is 2.42. The van der Waals surface area contributed by atoms with Gasteiger partial charge in [0, 0.05) is 11.0 Å². The number of hydrogen-bond acceptors (Lipinski definition) is 1. The first-order valence-corrected chi connectivity index (χ1v) is 6.52. The normalized spacial score (nSPS) is 24.2.